The molecule has 2 rings (SSSR count). The van der Waals surface area contributed by atoms with Crippen LogP contribution in [0.2, 0.25) is 0 Å². The first-order chi connectivity index (χ1) is 8.00. The summed E-state index contributed by atoms with van der Waals surface area (Å²) >= 11 is 0. The minimum absolute atomic E-state index is 0.120. The van der Waals surface area contributed by atoms with Gasteiger partial charge in [-0.15, -0.1) is 5.10 Å². The number of hydrogen-bond donors (Lipinski definition) is 1. The standard InChI is InChI=1S/C14H18N2O/c1-9(2)16-13(11(4)14(17)15-16)12-7-5-10(3)6-8-12/h5-9H,1-4H3,(H,15,17). The van der Waals surface area contributed by atoms with Crippen molar-refractivity contribution >= 4 is 0 Å². The van der Waals surface area contributed by atoms with E-state index in [0.29, 0.717) is 0 Å². The lowest BCUT2D eigenvalue weighted by molar-refractivity contribution is 0.425. The molecule has 0 amide bonds. The quantitative estimate of drug-likeness (QED) is 0.858. The molecule has 0 unspecified atom stereocenters. The van der Waals surface area contributed by atoms with Gasteiger partial charge in [0, 0.05) is 17.2 Å². The largest absolute Gasteiger partial charge is 0.492 e. The Morgan fingerprint density at radius 2 is 1.71 bits per heavy atom. The lowest BCUT2D eigenvalue weighted by atomic mass is 10.1. The van der Waals surface area contributed by atoms with Gasteiger partial charge in [-0.05, 0) is 27.7 Å². The highest BCUT2D eigenvalue weighted by atomic mass is 16.3. The number of benzene rings is 1. The van der Waals surface area contributed by atoms with Crippen molar-refractivity contribution in [3.8, 4) is 17.1 Å². The molecule has 0 saturated carbocycles. The number of aromatic hydroxyl groups is 1. The summed E-state index contributed by atoms with van der Waals surface area (Å²) in [5.74, 6) is 0.120. The first-order valence-electron chi connectivity index (χ1n) is 5.86. The lowest BCUT2D eigenvalue weighted by Gasteiger charge is -2.11. The van der Waals surface area contributed by atoms with Gasteiger partial charge >= 0.3 is 0 Å². The summed E-state index contributed by atoms with van der Waals surface area (Å²) in [5.41, 5.74) is 4.15. The van der Waals surface area contributed by atoms with Gasteiger partial charge in [0.05, 0.1) is 5.69 Å². The Kier molecular flexibility index (Phi) is 2.92. The van der Waals surface area contributed by atoms with Crippen LogP contribution in [0.25, 0.3) is 11.3 Å². The van der Waals surface area contributed by atoms with Crippen molar-refractivity contribution in [2.45, 2.75) is 33.7 Å². The maximum Gasteiger partial charge on any atom is 0.233 e. The number of hydrogen-bond acceptors (Lipinski definition) is 2. The SMILES string of the molecule is Cc1ccc(-c2c(C)c(O)nn2C(C)C)cc1. The Bertz CT molecular complexity index is 524. The van der Waals surface area contributed by atoms with Crippen LogP contribution in [0.3, 0.4) is 0 Å². The molecule has 90 valence electrons. The van der Waals surface area contributed by atoms with Gasteiger partial charge in [-0.25, -0.2) is 0 Å². The average Bonchev–Trinajstić information content (AvgIpc) is 2.57. The van der Waals surface area contributed by atoms with Gasteiger partial charge in [-0.1, -0.05) is 29.8 Å². The van der Waals surface area contributed by atoms with E-state index >= 15 is 0 Å². The molecule has 1 heterocycles. The third kappa shape index (κ3) is 2.05. The summed E-state index contributed by atoms with van der Waals surface area (Å²) < 4.78 is 1.87. The van der Waals surface area contributed by atoms with E-state index in [1.165, 1.54) is 5.56 Å². The zero-order valence-corrected chi connectivity index (χ0v) is 10.7. The molecule has 3 heteroatoms. The molecule has 0 atom stereocenters. The second kappa shape index (κ2) is 4.24. The molecule has 1 aromatic carbocycles. The third-order valence-electron chi connectivity index (χ3n) is 2.94. The van der Waals surface area contributed by atoms with Crippen LogP contribution in [-0.4, -0.2) is 14.9 Å². The van der Waals surface area contributed by atoms with Crippen molar-refractivity contribution in [2.75, 3.05) is 0 Å². The van der Waals surface area contributed by atoms with Crippen LogP contribution in [0.5, 0.6) is 5.88 Å². The summed E-state index contributed by atoms with van der Waals surface area (Å²) in [7, 11) is 0. The van der Waals surface area contributed by atoms with Crippen molar-refractivity contribution in [1.82, 2.24) is 9.78 Å². The summed E-state index contributed by atoms with van der Waals surface area (Å²) in [5, 5.41) is 13.9. The fraction of sp³-hybridized carbons (Fsp3) is 0.357. The molecule has 0 spiro atoms. The van der Waals surface area contributed by atoms with Gasteiger partial charge in [0.2, 0.25) is 5.88 Å². The second-order valence-corrected chi connectivity index (χ2v) is 4.70. The highest BCUT2D eigenvalue weighted by molar-refractivity contribution is 5.65. The van der Waals surface area contributed by atoms with Crippen LogP contribution in [0.15, 0.2) is 24.3 Å². The fourth-order valence-electron chi connectivity index (χ4n) is 1.94. The Morgan fingerprint density at radius 3 is 2.24 bits per heavy atom. The topological polar surface area (TPSA) is 38.1 Å². The van der Waals surface area contributed by atoms with Gasteiger partial charge in [0.1, 0.15) is 0 Å². The number of rotatable bonds is 2. The number of aromatic nitrogens is 2. The molecule has 0 aliphatic rings. The van der Waals surface area contributed by atoms with Gasteiger partial charge in [0.15, 0.2) is 0 Å². The highest BCUT2D eigenvalue weighted by Crippen LogP contribution is 2.31. The Labute approximate surface area is 102 Å². The maximum absolute atomic E-state index is 9.75. The predicted molar refractivity (Wildman–Crippen MR) is 69.2 cm³/mol. The predicted octanol–water partition coefficient (Wildman–Crippen LogP) is 3.45. The summed E-state index contributed by atoms with van der Waals surface area (Å²) in [6.07, 6.45) is 0. The molecule has 0 radical (unpaired) electrons. The molecule has 0 aliphatic carbocycles. The van der Waals surface area contributed by atoms with Gasteiger partial charge in [-0.3, -0.25) is 4.68 Å². The van der Waals surface area contributed by atoms with Crippen molar-refractivity contribution in [3.63, 3.8) is 0 Å². The van der Waals surface area contributed by atoms with E-state index in [1.54, 1.807) is 0 Å². The van der Waals surface area contributed by atoms with E-state index < -0.39 is 0 Å². The van der Waals surface area contributed by atoms with Gasteiger partial charge in [-0.2, -0.15) is 0 Å². The van der Waals surface area contributed by atoms with E-state index in [2.05, 4.69) is 50.1 Å². The molecule has 17 heavy (non-hydrogen) atoms. The molecule has 1 N–H and O–H groups in total. The normalized spacial score (nSPS) is 11.1. The van der Waals surface area contributed by atoms with Gasteiger partial charge in [0.25, 0.3) is 0 Å². The molecule has 0 fully saturated rings. The Balaban J connectivity index is 2.61. The van der Waals surface area contributed by atoms with E-state index in [0.717, 1.165) is 16.8 Å². The Hall–Kier alpha value is -1.77. The molecule has 0 bridgehead atoms. The van der Waals surface area contributed by atoms with Crippen molar-refractivity contribution in [1.29, 1.82) is 0 Å². The molecule has 0 aliphatic heterocycles. The van der Waals surface area contributed by atoms with E-state index in [4.69, 9.17) is 0 Å². The van der Waals surface area contributed by atoms with Crippen molar-refractivity contribution in [2.24, 2.45) is 0 Å². The maximum atomic E-state index is 9.75. The van der Waals surface area contributed by atoms with Crippen LogP contribution < -0.4 is 0 Å². The molecular formula is C14H18N2O. The van der Waals surface area contributed by atoms with Crippen LogP contribution in [-0.2, 0) is 0 Å². The molecule has 3 nitrogen and oxygen atoms in total. The Morgan fingerprint density at radius 1 is 1.12 bits per heavy atom. The summed E-state index contributed by atoms with van der Waals surface area (Å²) in [6.45, 7) is 8.08. The number of nitrogens with zero attached hydrogens (tertiary/aromatic N) is 2. The van der Waals surface area contributed by atoms with E-state index in [1.807, 2.05) is 11.6 Å². The zero-order chi connectivity index (χ0) is 12.6. The summed E-state index contributed by atoms with van der Waals surface area (Å²) in [4.78, 5) is 0. The van der Waals surface area contributed by atoms with E-state index in [9.17, 15) is 5.11 Å². The minimum atomic E-state index is 0.120. The van der Waals surface area contributed by atoms with Crippen LogP contribution in [0, 0.1) is 13.8 Å². The molecule has 0 saturated heterocycles. The summed E-state index contributed by atoms with van der Waals surface area (Å²) in [6, 6.07) is 8.51. The van der Waals surface area contributed by atoms with Crippen LogP contribution in [0.4, 0.5) is 0 Å². The van der Waals surface area contributed by atoms with Crippen molar-refractivity contribution in [3.05, 3.63) is 35.4 Å². The van der Waals surface area contributed by atoms with Crippen LogP contribution >= 0.6 is 0 Å². The van der Waals surface area contributed by atoms with Crippen molar-refractivity contribution < 1.29 is 5.11 Å². The first-order valence-corrected chi connectivity index (χ1v) is 5.86. The van der Waals surface area contributed by atoms with Gasteiger partial charge < -0.3 is 5.11 Å². The minimum Gasteiger partial charge on any atom is -0.492 e. The lowest BCUT2D eigenvalue weighted by Crippen LogP contribution is -2.05. The van der Waals surface area contributed by atoms with E-state index in [-0.39, 0.29) is 11.9 Å². The fourth-order valence-corrected chi connectivity index (χ4v) is 1.94. The molecule has 2 aromatic rings. The zero-order valence-electron chi connectivity index (χ0n) is 10.7. The smallest absolute Gasteiger partial charge is 0.233 e. The number of aryl methyl sites for hydroxylation is 1. The molecular weight excluding hydrogens is 212 g/mol. The average molecular weight is 230 g/mol. The third-order valence-corrected chi connectivity index (χ3v) is 2.94. The van der Waals surface area contributed by atoms with Crippen LogP contribution in [0.1, 0.15) is 31.0 Å². The monoisotopic (exact) mass is 230 g/mol. The highest BCUT2D eigenvalue weighted by Gasteiger charge is 2.16. The first kappa shape index (κ1) is 11.7. The second-order valence-electron chi connectivity index (χ2n) is 4.70. The molecule has 1 aromatic heterocycles.